The number of alkyl carbamates (subject to hydrolysis) is 1. The number of fused-ring (bicyclic) bond motifs is 1. The molecule has 2 heterocycles. The van der Waals surface area contributed by atoms with E-state index in [9.17, 15) is 9.59 Å². The molecular formula is C21H28N4O4. The van der Waals surface area contributed by atoms with Gasteiger partial charge in [-0.15, -0.1) is 0 Å². The van der Waals surface area contributed by atoms with Crippen molar-refractivity contribution in [3.8, 4) is 5.75 Å². The summed E-state index contributed by atoms with van der Waals surface area (Å²) in [7, 11) is 3.16. The normalized spacial score (nSPS) is 14.5. The number of rotatable bonds is 7. The van der Waals surface area contributed by atoms with Crippen molar-refractivity contribution < 1.29 is 19.1 Å². The highest BCUT2D eigenvalue weighted by atomic mass is 16.6. The van der Waals surface area contributed by atoms with E-state index < -0.39 is 6.09 Å². The minimum Gasteiger partial charge on any atom is -0.497 e. The zero-order chi connectivity index (χ0) is 20.6. The maximum atomic E-state index is 11.6. The Morgan fingerprint density at radius 1 is 1.21 bits per heavy atom. The van der Waals surface area contributed by atoms with Gasteiger partial charge in [0.15, 0.2) is 6.61 Å². The highest BCUT2D eigenvalue weighted by molar-refractivity contribution is 5.82. The van der Waals surface area contributed by atoms with Crippen LogP contribution in [0.2, 0.25) is 0 Å². The molecule has 0 bridgehead atoms. The first-order chi connectivity index (χ1) is 14.1. The molecule has 0 atom stereocenters. The lowest BCUT2D eigenvalue weighted by molar-refractivity contribution is -0.123. The Labute approximate surface area is 170 Å². The van der Waals surface area contributed by atoms with E-state index in [1.807, 2.05) is 18.2 Å². The number of ether oxygens (including phenoxy) is 2. The number of hydrogen-bond donors (Lipinski definition) is 2. The lowest BCUT2D eigenvalue weighted by Crippen LogP contribution is -2.36. The minimum atomic E-state index is -0.553. The second-order valence-corrected chi connectivity index (χ2v) is 7.12. The van der Waals surface area contributed by atoms with Crippen LogP contribution in [0.1, 0.15) is 19.3 Å². The van der Waals surface area contributed by atoms with Crippen LogP contribution in [0, 0.1) is 5.92 Å². The van der Waals surface area contributed by atoms with Gasteiger partial charge >= 0.3 is 6.09 Å². The first-order valence-electron chi connectivity index (χ1n) is 9.90. The number of anilines is 1. The van der Waals surface area contributed by atoms with Gasteiger partial charge < -0.3 is 25.0 Å². The number of benzene rings is 1. The van der Waals surface area contributed by atoms with Crippen molar-refractivity contribution >= 4 is 28.7 Å². The Bertz CT molecular complexity index is 850. The number of methoxy groups -OCH3 is 1. The van der Waals surface area contributed by atoms with Crippen LogP contribution < -0.4 is 20.3 Å². The van der Waals surface area contributed by atoms with Crippen LogP contribution in [0.25, 0.3) is 10.9 Å². The highest BCUT2D eigenvalue weighted by Gasteiger charge is 2.20. The van der Waals surface area contributed by atoms with Crippen molar-refractivity contribution in [1.29, 1.82) is 0 Å². The van der Waals surface area contributed by atoms with Crippen molar-refractivity contribution in [2.75, 3.05) is 45.3 Å². The number of likely N-dealkylation sites (N-methyl/N-ethyl adjacent to an activating group) is 1. The molecule has 1 aromatic heterocycles. The number of carbonyl (C=O) groups excluding carboxylic acids is 2. The summed E-state index contributed by atoms with van der Waals surface area (Å²) in [4.78, 5) is 29.7. The molecule has 0 spiro atoms. The summed E-state index contributed by atoms with van der Waals surface area (Å²) < 4.78 is 10.1. The summed E-state index contributed by atoms with van der Waals surface area (Å²) in [6.07, 6.45) is 2.45. The molecule has 1 aromatic carbocycles. The van der Waals surface area contributed by atoms with E-state index in [-0.39, 0.29) is 12.5 Å². The Morgan fingerprint density at radius 3 is 2.72 bits per heavy atom. The molecule has 2 aromatic rings. The van der Waals surface area contributed by atoms with Gasteiger partial charge in [0.2, 0.25) is 0 Å². The third-order valence-electron chi connectivity index (χ3n) is 5.26. The lowest BCUT2D eigenvalue weighted by atomic mass is 9.93. The topological polar surface area (TPSA) is 92.8 Å². The molecule has 1 aliphatic heterocycles. The van der Waals surface area contributed by atoms with Gasteiger partial charge in [-0.25, -0.2) is 9.78 Å². The number of piperidine rings is 1. The summed E-state index contributed by atoms with van der Waals surface area (Å²) in [5.74, 6) is 2.06. The summed E-state index contributed by atoms with van der Waals surface area (Å²) in [5.41, 5.74) is 0.963. The maximum absolute atomic E-state index is 11.6. The highest BCUT2D eigenvalue weighted by Crippen LogP contribution is 2.26. The Kier molecular flexibility index (Phi) is 7.10. The second-order valence-electron chi connectivity index (χ2n) is 7.12. The van der Waals surface area contributed by atoms with E-state index in [2.05, 4.69) is 27.7 Å². The average Bonchev–Trinajstić information content (AvgIpc) is 2.77. The predicted octanol–water partition coefficient (Wildman–Crippen LogP) is 2.32. The zero-order valence-electron chi connectivity index (χ0n) is 16.9. The number of nitrogens with zero attached hydrogens (tertiary/aromatic N) is 2. The van der Waals surface area contributed by atoms with Crippen LogP contribution >= 0.6 is 0 Å². The van der Waals surface area contributed by atoms with Crippen LogP contribution in [0.15, 0.2) is 30.3 Å². The third kappa shape index (κ3) is 5.73. The molecule has 29 heavy (non-hydrogen) atoms. The monoisotopic (exact) mass is 400 g/mol. The van der Waals surface area contributed by atoms with Crippen molar-refractivity contribution in [3.63, 3.8) is 0 Å². The minimum absolute atomic E-state index is 0.258. The molecule has 0 unspecified atom stereocenters. The van der Waals surface area contributed by atoms with Gasteiger partial charge in [0.1, 0.15) is 11.6 Å². The van der Waals surface area contributed by atoms with Gasteiger partial charge in [-0.05, 0) is 55.5 Å². The molecule has 0 radical (unpaired) electrons. The van der Waals surface area contributed by atoms with Crippen LogP contribution in [0.3, 0.4) is 0 Å². The van der Waals surface area contributed by atoms with Gasteiger partial charge in [-0.2, -0.15) is 0 Å². The Morgan fingerprint density at radius 2 is 2.00 bits per heavy atom. The van der Waals surface area contributed by atoms with E-state index in [0.717, 1.165) is 54.8 Å². The van der Waals surface area contributed by atoms with Crippen LogP contribution in [0.5, 0.6) is 5.75 Å². The summed E-state index contributed by atoms with van der Waals surface area (Å²) in [6.45, 7) is 2.18. The molecular weight excluding hydrogens is 372 g/mol. The number of carbonyl (C=O) groups is 2. The number of aromatic nitrogens is 1. The fraction of sp³-hybridized carbons (Fsp3) is 0.476. The molecule has 156 valence electrons. The number of nitrogens with one attached hydrogen (secondary N) is 2. The quantitative estimate of drug-likeness (QED) is 0.741. The van der Waals surface area contributed by atoms with Crippen molar-refractivity contribution in [2.45, 2.75) is 19.3 Å². The Balaban J connectivity index is 1.43. The smallest absolute Gasteiger partial charge is 0.407 e. The van der Waals surface area contributed by atoms with Gasteiger partial charge in [0.25, 0.3) is 5.91 Å². The summed E-state index contributed by atoms with van der Waals surface area (Å²) in [5, 5.41) is 6.17. The first-order valence-corrected chi connectivity index (χ1v) is 9.90. The molecule has 0 aliphatic carbocycles. The molecule has 8 heteroatoms. The third-order valence-corrected chi connectivity index (χ3v) is 5.26. The maximum Gasteiger partial charge on any atom is 0.407 e. The fourth-order valence-corrected chi connectivity index (χ4v) is 3.48. The van der Waals surface area contributed by atoms with Crippen LogP contribution in [-0.2, 0) is 9.53 Å². The van der Waals surface area contributed by atoms with Crippen molar-refractivity contribution in [2.24, 2.45) is 5.92 Å². The molecule has 2 amide bonds. The molecule has 1 saturated heterocycles. The molecule has 1 fully saturated rings. The van der Waals surface area contributed by atoms with Gasteiger partial charge in [0.05, 0.1) is 12.6 Å². The van der Waals surface area contributed by atoms with Gasteiger partial charge in [-0.1, -0.05) is 0 Å². The molecule has 1 aliphatic rings. The Hall–Kier alpha value is -3.03. The van der Waals surface area contributed by atoms with Crippen LogP contribution in [-0.4, -0.2) is 57.4 Å². The number of amides is 2. The lowest BCUT2D eigenvalue weighted by Gasteiger charge is -2.33. The summed E-state index contributed by atoms with van der Waals surface area (Å²) >= 11 is 0. The molecule has 8 nitrogen and oxygen atoms in total. The van der Waals surface area contributed by atoms with E-state index in [0.29, 0.717) is 12.5 Å². The van der Waals surface area contributed by atoms with Crippen molar-refractivity contribution in [1.82, 2.24) is 15.6 Å². The largest absolute Gasteiger partial charge is 0.497 e. The predicted molar refractivity (Wildman–Crippen MR) is 111 cm³/mol. The van der Waals surface area contributed by atoms with E-state index in [4.69, 9.17) is 14.5 Å². The van der Waals surface area contributed by atoms with Crippen molar-refractivity contribution in [3.05, 3.63) is 30.3 Å². The molecule has 0 saturated carbocycles. The molecule has 2 N–H and O–H groups in total. The second kappa shape index (κ2) is 9.95. The van der Waals surface area contributed by atoms with Gasteiger partial charge in [0, 0.05) is 32.1 Å². The molecule has 3 rings (SSSR count). The van der Waals surface area contributed by atoms with E-state index >= 15 is 0 Å². The zero-order valence-corrected chi connectivity index (χ0v) is 16.9. The number of pyridine rings is 1. The SMILES string of the molecule is CNC(=O)COC(=O)NCCC1CCN(c2ccc3cc(OC)ccc3n2)CC1. The number of hydrogen-bond acceptors (Lipinski definition) is 6. The van der Waals surface area contributed by atoms with E-state index in [1.165, 1.54) is 7.05 Å². The fourth-order valence-electron chi connectivity index (χ4n) is 3.48. The van der Waals surface area contributed by atoms with Crippen LogP contribution in [0.4, 0.5) is 10.6 Å². The average molecular weight is 400 g/mol. The van der Waals surface area contributed by atoms with Gasteiger partial charge in [-0.3, -0.25) is 4.79 Å². The summed E-state index contributed by atoms with van der Waals surface area (Å²) in [6, 6.07) is 10.1. The first kappa shape index (κ1) is 20.7. The standard InChI is InChI=1S/C21H28N4O4/c1-22-20(26)14-29-21(27)23-10-7-15-8-11-25(12-9-15)19-6-3-16-13-17(28-2)4-5-18(16)24-19/h3-6,13,15H,7-12,14H2,1-2H3,(H,22,26)(H,23,27). The van der Waals surface area contributed by atoms with E-state index in [1.54, 1.807) is 7.11 Å².